The van der Waals surface area contributed by atoms with Crippen LogP contribution in [0.25, 0.3) is 0 Å². The monoisotopic (exact) mass is 199 g/mol. The normalized spacial score (nSPS) is 26.0. The number of rotatable bonds is 4. The van der Waals surface area contributed by atoms with E-state index in [0.717, 1.165) is 6.54 Å². The van der Waals surface area contributed by atoms with E-state index in [0.29, 0.717) is 12.5 Å². The summed E-state index contributed by atoms with van der Waals surface area (Å²) in [5.74, 6) is -0.228. The molecule has 1 fully saturated rings. The molecular weight excluding hydrogens is 178 g/mol. The first kappa shape index (κ1) is 11.5. The first-order chi connectivity index (χ1) is 6.58. The molecule has 0 bridgehead atoms. The molecular formula is C10H21N3O. The molecule has 0 radical (unpaired) electrons. The van der Waals surface area contributed by atoms with Crippen molar-refractivity contribution in [3.63, 3.8) is 0 Å². The number of hydrogen-bond donors (Lipinski definition) is 2. The zero-order chi connectivity index (χ0) is 10.6. The zero-order valence-electron chi connectivity index (χ0n) is 9.12. The zero-order valence-corrected chi connectivity index (χ0v) is 9.12. The SMILES string of the molecule is CC(CC(N)=O)NC1CCCN(C)C1. The first-order valence-corrected chi connectivity index (χ1v) is 5.31. The van der Waals surface area contributed by atoms with Crippen molar-refractivity contribution >= 4 is 5.91 Å². The number of primary amides is 1. The lowest BCUT2D eigenvalue weighted by Crippen LogP contribution is -2.47. The van der Waals surface area contributed by atoms with Gasteiger partial charge in [0.25, 0.3) is 0 Å². The van der Waals surface area contributed by atoms with Gasteiger partial charge in [-0.2, -0.15) is 0 Å². The molecule has 2 atom stereocenters. The van der Waals surface area contributed by atoms with Gasteiger partial charge in [-0.25, -0.2) is 0 Å². The Bertz CT molecular complexity index is 196. The Kier molecular flexibility index (Phi) is 4.35. The maximum atomic E-state index is 10.7. The number of likely N-dealkylation sites (tertiary alicyclic amines) is 1. The van der Waals surface area contributed by atoms with Crippen LogP contribution in [0.15, 0.2) is 0 Å². The summed E-state index contributed by atoms with van der Waals surface area (Å²) < 4.78 is 0. The van der Waals surface area contributed by atoms with E-state index in [9.17, 15) is 4.79 Å². The van der Waals surface area contributed by atoms with E-state index in [1.807, 2.05) is 6.92 Å². The smallest absolute Gasteiger partial charge is 0.218 e. The fraction of sp³-hybridized carbons (Fsp3) is 0.900. The molecule has 1 rings (SSSR count). The lowest BCUT2D eigenvalue weighted by Gasteiger charge is -2.32. The molecule has 2 unspecified atom stereocenters. The highest BCUT2D eigenvalue weighted by atomic mass is 16.1. The van der Waals surface area contributed by atoms with Crippen LogP contribution >= 0.6 is 0 Å². The van der Waals surface area contributed by atoms with Gasteiger partial charge >= 0.3 is 0 Å². The Morgan fingerprint density at radius 1 is 1.71 bits per heavy atom. The Balaban J connectivity index is 2.25. The van der Waals surface area contributed by atoms with Crippen LogP contribution in [0.1, 0.15) is 26.2 Å². The fourth-order valence-electron chi connectivity index (χ4n) is 2.07. The Morgan fingerprint density at radius 2 is 2.43 bits per heavy atom. The molecule has 0 aromatic carbocycles. The predicted molar refractivity (Wildman–Crippen MR) is 56.9 cm³/mol. The van der Waals surface area contributed by atoms with Gasteiger partial charge in [-0.05, 0) is 33.4 Å². The molecule has 0 aromatic heterocycles. The summed E-state index contributed by atoms with van der Waals surface area (Å²) in [7, 11) is 2.13. The molecule has 82 valence electrons. The van der Waals surface area contributed by atoms with Gasteiger partial charge in [0.05, 0.1) is 0 Å². The second-order valence-electron chi connectivity index (χ2n) is 4.34. The van der Waals surface area contributed by atoms with Gasteiger partial charge in [0, 0.05) is 25.0 Å². The van der Waals surface area contributed by atoms with Crippen molar-refractivity contribution in [2.45, 2.75) is 38.3 Å². The number of nitrogens with one attached hydrogen (secondary N) is 1. The number of amides is 1. The summed E-state index contributed by atoms with van der Waals surface area (Å²) in [4.78, 5) is 13.0. The highest BCUT2D eigenvalue weighted by molar-refractivity contribution is 5.74. The summed E-state index contributed by atoms with van der Waals surface area (Å²) in [6.45, 7) is 4.27. The molecule has 1 aliphatic rings. The summed E-state index contributed by atoms with van der Waals surface area (Å²) in [6, 6.07) is 0.715. The second-order valence-corrected chi connectivity index (χ2v) is 4.34. The highest BCUT2D eigenvalue weighted by Gasteiger charge is 2.18. The number of piperidine rings is 1. The Labute approximate surface area is 85.8 Å². The number of hydrogen-bond acceptors (Lipinski definition) is 3. The van der Waals surface area contributed by atoms with Crippen LogP contribution < -0.4 is 11.1 Å². The molecule has 1 heterocycles. The molecule has 1 aliphatic heterocycles. The Hall–Kier alpha value is -0.610. The molecule has 0 aromatic rings. The molecule has 4 nitrogen and oxygen atoms in total. The van der Waals surface area contributed by atoms with Gasteiger partial charge in [-0.3, -0.25) is 4.79 Å². The van der Waals surface area contributed by atoms with E-state index in [1.165, 1.54) is 19.4 Å². The summed E-state index contributed by atoms with van der Waals surface area (Å²) in [6.07, 6.45) is 2.87. The van der Waals surface area contributed by atoms with Crippen molar-refractivity contribution in [1.29, 1.82) is 0 Å². The summed E-state index contributed by atoms with van der Waals surface area (Å²) in [5, 5.41) is 3.44. The van der Waals surface area contributed by atoms with Gasteiger partial charge in [0.1, 0.15) is 0 Å². The highest BCUT2D eigenvalue weighted by Crippen LogP contribution is 2.09. The number of nitrogens with zero attached hydrogens (tertiary/aromatic N) is 1. The second kappa shape index (κ2) is 5.32. The molecule has 0 spiro atoms. The average Bonchev–Trinajstić information content (AvgIpc) is 2.01. The minimum atomic E-state index is -0.228. The number of carbonyl (C=O) groups is 1. The third-order valence-electron chi connectivity index (χ3n) is 2.65. The van der Waals surface area contributed by atoms with Crippen molar-refractivity contribution in [3.8, 4) is 0 Å². The van der Waals surface area contributed by atoms with Crippen LogP contribution in [0.4, 0.5) is 0 Å². The van der Waals surface area contributed by atoms with Gasteiger partial charge in [0.2, 0.25) is 5.91 Å². The van der Waals surface area contributed by atoms with Crippen LogP contribution in [0.5, 0.6) is 0 Å². The number of nitrogens with two attached hydrogens (primary N) is 1. The quantitative estimate of drug-likeness (QED) is 0.666. The molecule has 3 N–H and O–H groups in total. The van der Waals surface area contributed by atoms with Crippen LogP contribution in [-0.4, -0.2) is 43.0 Å². The molecule has 14 heavy (non-hydrogen) atoms. The summed E-state index contributed by atoms with van der Waals surface area (Å²) in [5.41, 5.74) is 5.14. The van der Waals surface area contributed by atoms with Crippen molar-refractivity contribution in [1.82, 2.24) is 10.2 Å². The van der Waals surface area contributed by atoms with Crippen molar-refractivity contribution < 1.29 is 4.79 Å². The molecule has 1 amide bonds. The molecule has 4 heteroatoms. The van der Waals surface area contributed by atoms with Crippen LogP contribution in [0.2, 0.25) is 0 Å². The van der Waals surface area contributed by atoms with Crippen LogP contribution in [0.3, 0.4) is 0 Å². The minimum Gasteiger partial charge on any atom is -0.370 e. The number of carbonyl (C=O) groups excluding carboxylic acids is 1. The van der Waals surface area contributed by atoms with Crippen molar-refractivity contribution in [2.24, 2.45) is 5.73 Å². The van der Waals surface area contributed by atoms with Crippen LogP contribution in [0, 0.1) is 0 Å². The standard InChI is InChI=1S/C10H21N3O/c1-8(6-10(11)14)12-9-4-3-5-13(2)7-9/h8-9,12H,3-7H2,1-2H3,(H2,11,14). The van der Waals surface area contributed by atoms with E-state index >= 15 is 0 Å². The molecule has 0 aliphatic carbocycles. The van der Waals surface area contributed by atoms with Gasteiger partial charge < -0.3 is 16.0 Å². The van der Waals surface area contributed by atoms with Crippen LogP contribution in [-0.2, 0) is 4.79 Å². The van der Waals surface area contributed by atoms with Crippen molar-refractivity contribution in [3.05, 3.63) is 0 Å². The van der Waals surface area contributed by atoms with E-state index < -0.39 is 0 Å². The van der Waals surface area contributed by atoms with E-state index in [1.54, 1.807) is 0 Å². The topological polar surface area (TPSA) is 58.4 Å². The van der Waals surface area contributed by atoms with Gasteiger partial charge in [-0.15, -0.1) is 0 Å². The Morgan fingerprint density at radius 3 is 3.00 bits per heavy atom. The number of likely N-dealkylation sites (N-methyl/N-ethyl adjacent to an activating group) is 1. The largest absolute Gasteiger partial charge is 0.370 e. The maximum Gasteiger partial charge on any atom is 0.218 e. The summed E-state index contributed by atoms with van der Waals surface area (Å²) >= 11 is 0. The van der Waals surface area contributed by atoms with E-state index in [-0.39, 0.29) is 11.9 Å². The maximum absolute atomic E-state index is 10.7. The first-order valence-electron chi connectivity index (χ1n) is 5.31. The van der Waals surface area contributed by atoms with Gasteiger partial charge in [0.15, 0.2) is 0 Å². The van der Waals surface area contributed by atoms with Crippen molar-refractivity contribution in [2.75, 3.05) is 20.1 Å². The third-order valence-corrected chi connectivity index (χ3v) is 2.65. The lowest BCUT2D eigenvalue weighted by molar-refractivity contribution is -0.118. The fourth-order valence-corrected chi connectivity index (χ4v) is 2.07. The average molecular weight is 199 g/mol. The van der Waals surface area contributed by atoms with Gasteiger partial charge in [-0.1, -0.05) is 0 Å². The third kappa shape index (κ3) is 4.07. The minimum absolute atomic E-state index is 0.198. The predicted octanol–water partition coefficient (Wildman–Crippen LogP) is -0.0659. The molecule has 0 saturated carbocycles. The molecule has 1 saturated heterocycles. The van der Waals surface area contributed by atoms with E-state index in [4.69, 9.17) is 5.73 Å². The van der Waals surface area contributed by atoms with E-state index in [2.05, 4.69) is 17.3 Å². The lowest BCUT2D eigenvalue weighted by atomic mass is 10.0.